The molecular weight excluding hydrogens is 212 g/mol. The number of carbonyl (C=O) groups excluding carboxylic acids is 1. The van der Waals surface area contributed by atoms with Crippen molar-refractivity contribution < 1.29 is 4.79 Å². The maximum absolute atomic E-state index is 11.1. The third kappa shape index (κ3) is 4.29. The summed E-state index contributed by atoms with van der Waals surface area (Å²) in [6, 6.07) is 7.77. The Morgan fingerprint density at radius 2 is 2.18 bits per heavy atom. The highest BCUT2D eigenvalue weighted by Crippen LogP contribution is 2.14. The van der Waals surface area contributed by atoms with Crippen molar-refractivity contribution in [1.82, 2.24) is 5.32 Å². The van der Waals surface area contributed by atoms with Gasteiger partial charge in [-0.2, -0.15) is 0 Å². The third-order valence-electron chi connectivity index (χ3n) is 2.48. The molecule has 0 bridgehead atoms. The van der Waals surface area contributed by atoms with Gasteiger partial charge >= 0.3 is 0 Å². The van der Waals surface area contributed by atoms with E-state index < -0.39 is 0 Å². The van der Waals surface area contributed by atoms with Crippen LogP contribution in [0.5, 0.6) is 0 Å². The van der Waals surface area contributed by atoms with Crippen molar-refractivity contribution in [2.24, 2.45) is 0 Å². The maximum atomic E-state index is 11.1. The van der Waals surface area contributed by atoms with Gasteiger partial charge in [0.15, 0.2) is 0 Å². The van der Waals surface area contributed by atoms with Crippen LogP contribution in [0.15, 0.2) is 24.3 Å². The zero-order chi connectivity index (χ0) is 12.7. The Labute approximate surface area is 103 Å². The first kappa shape index (κ1) is 13.3. The molecule has 3 nitrogen and oxygen atoms in total. The van der Waals surface area contributed by atoms with E-state index in [1.807, 2.05) is 31.2 Å². The molecule has 0 fully saturated rings. The summed E-state index contributed by atoms with van der Waals surface area (Å²) in [6.45, 7) is 4.19. The van der Waals surface area contributed by atoms with Crippen molar-refractivity contribution in [3.63, 3.8) is 0 Å². The van der Waals surface area contributed by atoms with Crippen LogP contribution in [-0.2, 0) is 11.3 Å². The Kier molecular flexibility index (Phi) is 5.25. The lowest BCUT2D eigenvalue weighted by Gasteiger charge is -2.13. The largest absolute Gasteiger partial charge is 0.326 e. The number of terminal acetylenes is 1. The number of nitrogens with one attached hydrogen (secondary N) is 2. The summed E-state index contributed by atoms with van der Waals surface area (Å²) in [4.78, 5) is 11.1. The molecule has 0 saturated heterocycles. The van der Waals surface area contributed by atoms with Crippen LogP contribution >= 0.6 is 0 Å². The summed E-state index contributed by atoms with van der Waals surface area (Å²) in [5, 5.41) is 6.06. The minimum atomic E-state index is -0.0681. The molecule has 0 saturated carbocycles. The number of benzene rings is 1. The topological polar surface area (TPSA) is 41.1 Å². The molecule has 0 heterocycles. The second-order valence-corrected chi connectivity index (χ2v) is 3.85. The van der Waals surface area contributed by atoms with Crippen LogP contribution in [0.25, 0.3) is 0 Å². The SMILES string of the molecule is C#CC(CC)NCc1ccccc1NC(C)=O. The fraction of sp³-hybridized carbons (Fsp3) is 0.357. The smallest absolute Gasteiger partial charge is 0.221 e. The molecule has 0 aromatic heterocycles. The van der Waals surface area contributed by atoms with E-state index in [0.717, 1.165) is 17.7 Å². The molecule has 0 aliphatic heterocycles. The fourth-order valence-corrected chi connectivity index (χ4v) is 1.54. The highest BCUT2D eigenvalue weighted by atomic mass is 16.1. The molecule has 0 radical (unpaired) electrons. The van der Waals surface area contributed by atoms with Gasteiger partial charge in [0.05, 0.1) is 6.04 Å². The van der Waals surface area contributed by atoms with Crippen molar-refractivity contribution in [2.45, 2.75) is 32.9 Å². The first-order chi connectivity index (χ1) is 8.17. The molecule has 0 spiro atoms. The number of hydrogen-bond acceptors (Lipinski definition) is 2. The van der Waals surface area contributed by atoms with Crippen LogP contribution in [0.3, 0.4) is 0 Å². The number of amides is 1. The lowest BCUT2D eigenvalue weighted by Crippen LogP contribution is -2.26. The predicted molar refractivity (Wildman–Crippen MR) is 70.5 cm³/mol. The van der Waals surface area contributed by atoms with Crippen LogP contribution < -0.4 is 10.6 Å². The quantitative estimate of drug-likeness (QED) is 0.761. The number of carbonyl (C=O) groups is 1. The van der Waals surface area contributed by atoms with Gasteiger partial charge in [0, 0.05) is 19.2 Å². The lowest BCUT2D eigenvalue weighted by atomic mass is 10.1. The van der Waals surface area contributed by atoms with Crippen LogP contribution in [-0.4, -0.2) is 11.9 Å². The Morgan fingerprint density at radius 3 is 2.76 bits per heavy atom. The van der Waals surface area contributed by atoms with Crippen molar-refractivity contribution in [1.29, 1.82) is 0 Å². The second kappa shape index (κ2) is 6.72. The van der Waals surface area contributed by atoms with Crippen molar-refractivity contribution in [3.8, 4) is 12.3 Å². The first-order valence-electron chi connectivity index (χ1n) is 5.72. The summed E-state index contributed by atoms with van der Waals surface area (Å²) in [6.07, 6.45) is 6.27. The monoisotopic (exact) mass is 230 g/mol. The normalized spacial score (nSPS) is 11.6. The minimum absolute atomic E-state index is 0.0681. The Bertz CT molecular complexity index is 420. The second-order valence-electron chi connectivity index (χ2n) is 3.85. The summed E-state index contributed by atoms with van der Waals surface area (Å²) >= 11 is 0. The van der Waals surface area contributed by atoms with Gasteiger partial charge in [-0.3, -0.25) is 10.1 Å². The van der Waals surface area contributed by atoms with Crippen LogP contribution in [0, 0.1) is 12.3 Å². The average molecular weight is 230 g/mol. The molecule has 2 N–H and O–H groups in total. The average Bonchev–Trinajstić information content (AvgIpc) is 2.31. The molecule has 1 rings (SSSR count). The number of hydrogen-bond donors (Lipinski definition) is 2. The maximum Gasteiger partial charge on any atom is 0.221 e. The summed E-state index contributed by atoms with van der Waals surface area (Å²) < 4.78 is 0. The number of anilines is 1. The van der Waals surface area contributed by atoms with Crippen molar-refractivity contribution in [3.05, 3.63) is 29.8 Å². The van der Waals surface area contributed by atoms with Gasteiger partial charge in [-0.1, -0.05) is 31.0 Å². The molecule has 1 aromatic carbocycles. The number of para-hydroxylation sites is 1. The van der Waals surface area contributed by atoms with Gasteiger partial charge in [-0.05, 0) is 18.1 Å². The van der Waals surface area contributed by atoms with E-state index in [4.69, 9.17) is 6.42 Å². The van der Waals surface area contributed by atoms with E-state index in [2.05, 4.69) is 16.6 Å². The van der Waals surface area contributed by atoms with Crippen molar-refractivity contribution in [2.75, 3.05) is 5.32 Å². The minimum Gasteiger partial charge on any atom is -0.326 e. The van der Waals surface area contributed by atoms with Gasteiger partial charge in [0.25, 0.3) is 0 Å². The van der Waals surface area contributed by atoms with Gasteiger partial charge in [-0.25, -0.2) is 0 Å². The fourth-order valence-electron chi connectivity index (χ4n) is 1.54. The Balaban J connectivity index is 2.70. The Hall–Kier alpha value is -1.79. The van der Waals surface area contributed by atoms with E-state index >= 15 is 0 Å². The van der Waals surface area contributed by atoms with E-state index in [1.54, 1.807) is 0 Å². The summed E-state index contributed by atoms with van der Waals surface area (Å²) in [7, 11) is 0. The van der Waals surface area contributed by atoms with E-state index in [-0.39, 0.29) is 11.9 Å². The zero-order valence-electron chi connectivity index (χ0n) is 10.3. The van der Waals surface area contributed by atoms with Gasteiger partial charge in [0.2, 0.25) is 5.91 Å². The molecule has 90 valence electrons. The highest BCUT2D eigenvalue weighted by Gasteiger charge is 2.05. The van der Waals surface area contributed by atoms with Crippen LogP contribution in [0.2, 0.25) is 0 Å². The predicted octanol–water partition coefficient (Wildman–Crippen LogP) is 2.15. The molecule has 0 aliphatic carbocycles. The zero-order valence-corrected chi connectivity index (χ0v) is 10.3. The molecule has 1 aromatic rings. The molecule has 3 heteroatoms. The molecule has 0 aliphatic rings. The molecule has 1 amide bonds. The van der Waals surface area contributed by atoms with E-state index in [9.17, 15) is 4.79 Å². The number of rotatable bonds is 5. The standard InChI is InChI=1S/C14H18N2O/c1-4-13(5-2)15-10-12-8-6-7-9-14(12)16-11(3)17/h1,6-9,13,15H,5,10H2,2-3H3,(H,16,17). The van der Waals surface area contributed by atoms with Gasteiger partial charge in [0.1, 0.15) is 0 Å². The summed E-state index contributed by atoms with van der Waals surface area (Å²) in [5.41, 5.74) is 1.87. The van der Waals surface area contributed by atoms with E-state index in [0.29, 0.717) is 6.54 Å². The first-order valence-corrected chi connectivity index (χ1v) is 5.72. The molecule has 1 atom stereocenters. The lowest BCUT2D eigenvalue weighted by molar-refractivity contribution is -0.114. The molecule has 17 heavy (non-hydrogen) atoms. The molecule has 1 unspecified atom stereocenters. The van der Waals surface area contributed by atoms with E-state index in [1.165, 1.54) is 6.92 Å². The van der Waals surface area contributed by atoms with Gasteiger partial charge in [-0.15, -0.1) is 6.42 Å². The van der Waals surface area contributed by atoms with Crippen LogP contribution in [0.1, 0.15) is 25.8 Å². The highest BCUT2D eigenvalue weighted by molar-refractivity contribution is 5.89. The molecular formula is C14H18N2O. The van der Waals surface area contributed by atoms with Crippen LogP contribution in [0.4, 0.5) is 5.69 Å². The third-order valence-corrected chi connectivity index (χ3v) is 2.48. The van der Waals surface area contributed by atoms with Crippen molar-refractivity contribution >= 4 is 11.6 Å². The van der Waals surface area contributed by atoms with Gasteiger partial charge < -0.3 is 5.32 Å². The summed E-state index contributed by atoms with van der Waals surface area (Å²) in [5.74, 6) is 2.62. The Morgan fingerprint density at radius 1 is 1.47 bits per heavy atom.